The highest BCUT2D eigenvalue weighted by molar-refractivity contribution is 5.82. The number of anilines is 1. The Bertz CT molecular complexity index is 655. The predicted molar refractivity (Wildman–Crippen MR) is 68.8 cm³/mol. The van der Waals surface area contributed by atoms with Crippen LogP contribution in [0.2, 0.25) is 0 Å². The van der Waals surface area contributed by atoms with E-state index in [2.05, 4.69) is 16.5 Å². The van der Waals surface area contributed by atoms with E-state index in [0.717, 1.165) is 11.1 Å². The Kier molecular flexibility index (Phi) is 3.48. The molecule has 96 valence electrons. The molecule has 1 aromatic carbocycles. The van der Waals surface area contributed by atoms with Gasteiger partial charge in [-0.15, -0.1) is 0 Å². The van der Waals surface area contributed by atoms with Gasteiger partial charge in [-0.1, -0.05) is 18.2 Å². The number of rotatable bonds is 3. The monoisotopic (exact) mass is 256 g/mol. The van der Waals surface area contributed by atoms with Crippen molar-refractivity contribution in [2.45, 2.75) is 6.42 Å². The summed E-state index contributed by atoms with van der Waals surface area (Å²) in [6, 6.07) is 9.33. The summed E-state index contributed by atoms with van der Waals surface area (Å²) >= 11 is 0. The predicted octanol–water partition coefficient (Wildman–Crippen LogP) is 1.97. The van der Waals surface area contributed by atoms with Crippen molar-refractivity contribution in [2.75, 3.05) is 5.32 Å². The number of nitrogens with zero attached hydrogens (tertiary/aromatic N) is 3. The second-order valence-electron chi connectivity index (χ2n) is 4.05. The number of aromatic nitrogens is 2. The van der Waals surface area contributed by atoms with Crippen LogP contribution in [0.1, 0.15) is 16.7 Å². The number of benzene rings is 1. The Morgan fingerprint density at radius 1 is 1.47 bits per heavy atom. The maximum Gasteiger partial charge on any atom is 0.410 e. The van der Waals surface area contributed by atoms with Gasteiger partial charge in [0.05, 0.1) is 11.6 Å². The summed E-state index contributed by atoms with van der Waals surface area (Å²) in [6.07, 6.45) is 1.03. The molecule has 1 heterocycles. The zero-order chi connectivity index (χ0) is 13.8. The molecule has 0 radical (unpaired) electrons. The number of nitriles is 1. The van der Waals surface area contributed by atoms with Gasteiger partial charge >= 0.3 is 6.09 Å². The van der Waals surface area contributed by atoms with Crippen LogP contribution in [0.5, 0.6) is 0 Å². The van der Waals surface area contributed by atoms with Crippen LogP contribution in [0.4, 0.5) is 10.6 Å². The molecule has 0 unspecified atom stereocenters. The van der Waals surface area contributed by atoms with Gasteiger partial charge in [-0.3, -0.25) is 10.00 Å². The number of carboxylic acid groups (broad SMARTS) is 1. The van der Waals surface area contributed by atoms with Crippen LogP contribution >= 0.6 is 0 Å². The van der Waals surface area contributed by atoms with Crippen molar-refractivity contribution >= 4 is 11.9 Å². The minimum atomic E-state index is -1.16. The van der Waals surface area contributed by atoms with Gasteiger partial charge in [0, 0.05) is 25.2 Å². The van der Waals surface area contributed by atoms with Crippen molar-refractivity contribution in [3.8, 4) is 6.07 Å². The first kappa shape index (κ1) is 12.6. The smallest absolute Gasteiger partial charge is 0.410 e. The van der Waals surface area contributed by atoms with Crippen LogP contribution in [-0.4, -0.2) is 21.0 Å². The summed E-state index contributed by atoms with van der Waals surface area (Å²) in [5, 5.41) is 24.1. The molecule has 0 saturated heterocycles. The third-order valence-corrected chi connectivity index (χ3v) is 2.65. The summed E-state index contributed by atoms with van der Waals surface area (Å²) in [7, 11) is 1.72. The lowest BCUT2D eigenvalue weighted by atomic mass is 10.0. The van der Waals surface area contributed by atoms with E-state index in [4.69, 9.17) is 10.4 Å². The van der Waals surface area contributed by atoms with Crippen molar-refractivity contribution in [3.05, 3.63) is 47.2 Å². The lowest BCUT2D eigenvalue weighted by molar-refractivity contribution is 0.209. The van der Waals surface area contributed by atoms with Crippen molar-refractivity contribution in [2.24, 2.45) is 7.05 Å². The zero-order valence-electron chi connectivity index (χ0n) is 10.3. The zero-order valence-corrected chi connectivity index (χ0v) is 10.3. The van der Waals surface area contributed by atoms with Gasteiger partial charge in [-0.25, -0.2) is 4.79 Å². The maximum atomic E-state index is 10.7. The molecule has 0 fully saturated rings. The normalized spacial score (nSPS) is 9.89. The van der Waals surface area contributed by atoms with E-state index < -0.39 is 6.09 Å². The van der Waals surface area contributed by atoms with E-state index in [9.17, 15) is 4.79 Å². The molecule has 0 atom stereocenters. The number of nitrogens with one attached hydrogen (secondary N) is 1. The molecular formula is C13H12N4O2. The van der Waals surface area contributed by atoms with E-state index >= 15 is 0 Å². The van der Waals surface area contributed by atoms with Crippen molar-refractivity contribution in [3.63, 3.8) is 0 Å². The fourth-order valence-electron chi connectivity index (χ4n) is 1.86. The molecule has 6 heteroatoms. The summed E-state index contributed by atoms with van der Waals surface area (Å²) in [5.41, 5.74) is 2.15. The Balaban J connectivity index is 2.33. The van der Waals surface area contributed by atoms with E-state index in [-0.39, 0.29) is 0 Å². The molecular weight excluding hydrogens is 244 g/mol. The Labute approximate surface area is 109 Å². The average molecular weight is 256 g/mol. The summed E-state index contributed by atoms with van der Waals surface area (Å²) in [4.78, 5) is 10.7. The second-order valence-corrected chi connectivity index (χ2v) is 4.05. The SMILES string of the molecule is Cn1cc(Cc2ccccc2C#N)c(NC(=O)O)n1. The number of aryl methyl sites for hydroxylation is 1. The highest BCUT2D eigenvalue weighted by atomic mass is 16.4. The molecule has 0 aliphatic carbocycles. The second kappa shape index (κ2) is 5.23. The molecule has 1 aromatic heterocycles. The summed E-state index contributed by atoms with van der Waals surface area (Å²) in [6.45, 7) is 0. The van der Waals surface area contributed by atoms with Crippen LogP contribution in [0, 0.1) is 11.3 Å². The number of hydrogen-bond acceptors (Lipinski definition) is 3. The van der Waals surface area contributed by atoms with E-state index in [1.807, 2.05) is 12.1 Å². The van der Waals surface area contributed by atoms with Crippen LogP contribution in [-0.2, 0) is 13.5 Å². The highest BCUT2D eigenvalue weighted by Crippen LogP contribution is 2.19. The Hall–Kier alpha value is -2.81. The van der Waals surface area contributed by atoms with Gasteiger partial charge in [0.2, 0.25) is 0 Å². The Morgan fingerprint density at radius 2 is 2.21 bits per heavy atom. The first-order valence-corrected chi connectivity index (χ1v) is 5.60. The fraction of sp³-hybridized carbons (Fsp3) is 0.154. The lowest BCUT2D eigenvalue weighted by Gasteiger charge is -2.04. The largest absolute Gasteiger partial charge is 0.465 e. The molecule has 2 rings (SSSR count). The van der Waals surface area contributed by atoms with E-state index in [1.54, 1.807) is 25.4 Å². The van der Waals surface area contributed by atoms with E-state index in [1.165, 1.54) is 4.68 Å². The summed E-state index contributed by atoms with van der Waals surface area (Å²) < 4.78 is 1.54. The van der Waals surface area contributed by atoms with Crippen LogP contribution in [0.15, 0.2) is 30.5 Å². The van der Waals surface area contributed by atoms with Gasteiger partial charge in [0.1, 0.15) is 0 Å². The molecule has 2 N–H and O–H groups in total. The van der Waals surface area contributed by atoms with Crippen LogP contribution in [0.25, 0.3) is 0 Å². The number of hydrogen-bond donors (Lipinski definition) is 2. The van der Waals surface area contributed by atoms with Gasteiger partial charge in [0.15, 0.2) is 5.82 Å². The molecule has 1 amide bonds. The quantitative estimate of drug-likeness (QED) is 0.878. The van der Waals surface area contributed by atoms with Gasteiger partial charge < -0.3 is 5.11 Å². The third-order valence-electron chi connectivity index (χ3n) is 2.65. The standard InChI is InChI=1S/C13H12N4O2/c1-17-8-11(12(16-17)15-13(18)19)6-9-4-2-3-5-10(9)7-14/h2-5,8H,6H2,1H3,(H,15,16)(H,18,19). The molecule has 6 nitrogen and oxygen atoms in total. The van der Waals surface area contributed by atoms with E-state index in [0.29, 0.717) is 17.8 Å². The lowest BCUT2D eigenvalue weighted by Crippen LogP contribution is -2.09. The molecule has 2 aromatic rings. The maximum absolute atomic E-state index is 10.7. The van der Waals surface area contributed by atoms with Gasteiger partial charge in [-0.05, 0) is 11.6 Å². The average Bonchev–Trinajstić information content (AvgIpc) is 2.69. The minimum absolute atomic E-state index is 0.294. The van der Waals surface area contributed by atoms with Crippen LogP contribution < -0.4 is 5.32 Å². The van der Waals surface area contributed by atoms with Gasteiger partial charge in [0.25, 0.3) is 0 Å². The Morgan fingerprint density at radius 3 is 2.89 bits per heavy atom. The number of carbonyl (C=O) groups is 1. The first-order chi connectivity index (χ1) is 9.10. The van der Waals surface area contributed by atoms with Crippen molar-refractivity contribution in [1.29, 1.82) is 5.26 Å². The molecule has 19 heavy (non-hydrogen) atoms. The topological polar surface area (TPSA) is 90.9 Å². The molecule has 0 bridgehead atoms. The first-order valence-electron chi connectivity index (χ1n) is 5.60. The molecule has 0 aliphatic rings. The highest BCUT2D eigenvalue weighted by Gasteiger charge is 2.12. The van der Waals surface area contributed by atoms with Crippen molar-refractivity contribution < 1.29 is 9.90 Å². The van der Waals surface area contributed by atoms with Crippen LogP contribution in [0.3, 0.4) is 0 Å². The third kappa shape index (κ3) is 2.90. The molecule has 0 saturated carbocycles. The van der Waals surface area contributed by atoms with Gasteiger partial charge in [-0.2, -0.15) is 10.4 Å². The summed E-state index contributed by atoms with van der Waals surface area (Å²) in [5.74, 6) is 0.294. The minimum Gasteiger partial charge on any atom is -0.465 e. The van der Waals surface area contributed by atoms with Crippen molar-refractivity contribution in [1.82, 2.24) is 9.78 Å². The molecule has 0 spiro atoms. The number of amides is 1. The fourth-order valence-corrected chi connectivity index (χ4v) is 1.86. The molecule has 0 aliphatic heterocycles.